The van der Waals surface area contributed by atoms with Crippen molar-refractivity contribution in [1.82, 2.24) is 14.1 Å². The van der Waals surface area contributed by atoms with Crippen LogP contribution in [0.1, 0.15) is 39.5 Å². The Kier molecular flexibility index (Phi) is 7.32. The lowest BCUT2D eigenvalue weighted by atomic mass is 10.2. The Morgan fingerprint density at radius 2 is 1.79 bits per heavy atom. The first-order chi connectivity index (χ1) is 13.8. The number of nitrogens with zero attached hydrogens (tertiary/aromatic N) is 3. The predicted octanol–water partition coefficient (Wildman–Crippen LogP) is 2.21. The quantitative estimate of drug-likeness (QED) is 0.695. The largest absolute Gasteiger partial charge is 0.325 e. The fraction of sp³-hybridized carbons (Fsp3) is 0.667. The molecule has 0 radical (unpaired) electrons. The first-order valence-corrected chi connectivity index (χ1v) is 12.1. The number of anilines is 1. The summed E-state index contributed by atoms with van der Waals surface area (Å²) in [6.45, 7) is 8.43. The molecule has 7 nitrogen and oxygen atoms in total. The summed E-state index contributed by atoms with van der Waals surface area (Å²) in [6.07, 6.45) is 4.86. The average Bonchev–Trinajstić information content (AvgIpc) is 3.34. The van der Waals surface area contributed by atoms with Crippen LogP contribution in [0.25, 0.3) is 0 Å². The number of carbonyl (C=O) groups is 1. The lowest BCUT2D eigenvalue weighted by Gasteiger charge is -2.27. The van der Waals surface area contributed by atoms with Crippen LogP contribution in [0.4, 0.5) is 5.69 Å². The lowest BCUT2D eigenvalue weighted by molar-refractivity contribution is -0.117. The third-order valence-corrected chi connectivity index (χ3v) is 8.10. The number of hydrogen-bond donors (Lipinski definition) is 1. The van der Waals surface area contributed by atoms with Crippen LogP contribution < -0.4 is 5.32 Å². The first-order valence-electron chi connectivity index (χ1n) is 10.6. The summed E-state index contributed by atoms with van der Waals surface area (Å²) in [5.74, 6) is -0.0479. The fourth-order valence-corrected chi connectivity index (χ4v) is 5.48. The highest BCUT2D eigenvalue weighted by Gasteiger charge is 2.29. The zero-order valence-electron chi connectivity index (χ0n) is 17.8. The Bertz CT molecular complexity index is 789. The maximum Gasteiger partial charge on any atom is 0.243 e. The standard InChI is InChI=1S/C21H34N4O3S/c1-17(2)23(3)29(27,28)20-10-8-18(9-11-20)22-21(26)16-25-14-6-7-19(25)15-24-12-4-5-13-24/h8-11,17,19H,4-7,12-16H2,1-3H3,(H,22,26). The van der Waals surface area contributed by atoms with E-state index in [0.29, 0.717) is 18.3 Å². The molecule has 2 fully saturated rings. The summed E-state index contributed by atoms with van der Waals surface area (Å²) >= 11 is 0. The van der Waals surface area contributed by atoms with Gasteiger partial charge in [0.2, 0.25) is 15.9 Å². The molecule has 162 valence electrons. The minimum atomic E-state index is -3.51. The number of hydrogen-bond acceptors (Lipinski definition) is 5. The Morgan fingerprint density at radius 3 is 2.41 bits per heavy atom. The maximum atomic E-state index is 12.5. The molecule has 0 aromatic heterocycles. The van der Waals surface area contributed by atoms with Gasteiger partial charge in [-0.3, -0.25) is 9.69 Å². The molecule has 2 aliphatic heterocycles. The second-order valence-corrected chi connectivity index (χ2v) is 10.5. The van der Waals surface area contributed by atoms with Gasteiger partial charge in [0.25, 0.3) is 0 Å². The normalized spacial score (nSPS) is 21.3. The summed E-state index contributed by atoms with van der Waals surface area (Å²) in [4.78, 5) is 17.6. The molecule has 1 N–H and O–H groups in total. The van der Waals surface area contributed by atoms with Crippen LogP contribution >= 0.6 is 0 Å². The van der Waals surface area contributed by atoms with E-state index < -0.39 is 10.0 Å². The Morgan fingerprint density at radius 1 is 1.14 bits per heavy atom. The van der Waals surface area contributed by atoms with Crippen LogP contribution in [-0.4, -0.2) is 80.3 Å². The smallest absolute Gasteiger partial charge is 0.243 e. The molecule has 0 aliphatic carbocycles. The highest BCUT2D eigenvalue weighted by Crippen LogP contribution is 2.21. The topological polar surface area (TPSA) is 73.0 Å². The zero-order valence-corrected chi connectivity index (χ0v) is 18.6. The SMILES string of the molecule is CC(C)N(C)S(=O)(=O)c1ccc(NC(=O)CN2CCCC2CN2CCCC2)cc1. The highest BCUT2D eigenvalue weighted by atomic mass is 32.2. The van der Waals surface area contributed by atoms with E-state index >= 15 is 0 Å². The van der Waals surface area contributed by atoms with E-state index in [2.05, 4.69) is 15.1 Å². The second-order valence-electron chi connectivity index (χ2n) is 8.46. The first kappa shape index (κ1) is 22.2. The molecule has 0 spiro atoms. The van der Waals surface area contributed by atoms with Crippen LogP contribution in [0.2, 0.25) is 0 Å². The van der Waals surface area contributed by atoms with Crippen LogP contribution in [0.5, 0.6) is 0 Å². The van der Waals surface area contributed by atoms with Gasteiger partial charge >= 0.3 is 0 Å². The minimum Gasteiger partial charge on any atom is -0.325 e. The van der Waals surface area contributed by atoms with Gasteiger partial charge in [0.05, 0.1) is 11.4 Å². The molecule has 1 aromatic carbocycles. The van der Waals surface area contributed by atoms with Gasteiger partial charge in [-0.2, -0.15) is 4.31 Å². The Balaban J connectivity index is 1.55. The van der Waals surface area contributed by atoms with E-state index in [-0.39, 0.29) is 16.8 Å². The molecule has 2 saturated heterocycles. The van der Waals surface area contributed by atoms with Gasteiger partial charge in [0.15, 0.2) is 0 Å². The van der Waals surface area contributed by atoms with Gasteiger partial charge in [-0.1, -0.05) is 0 Å². The molecular weight excluding hydrogens is 388 g/mol. The van der Waals surface area contributed by atoms with Gasteiger partial charge in [-0.25, -0.2) is 8.42 Å². The Hall–Kier alpha value is -1.48. The molecular formula is C21H34N4O3S. The number of benzene rings is 1. The third kappa shape index (κ3) is 5.57. The van der Waals surface area contributed by atoms with E-state index in [4.69, 9.17) is 0 Å². The van der Waals surface area contributed by atoms with E-state index in [0.717, 1.165) is 25.9 Å². The van der Waals surface area contributed by atoms with Gasteiger partial charge in [0.1, 0.15) is 0 Å². The van der Waals surface area contributed by atoms with Crippen LogP contribution in [0.15, 0.2) is 29.2 Å². The van der Waals surface area contributed by atoms with E-state index in [1.807, 2.05) is 13.8 Å². The third-order valence-electron chi connectivity index (χ3n) is 6.06. The van der Waals surface area contributed by atoms with Gasteiger partial charge in [0, 0.05) is 31.4 Å². The summed E-state index contributed by atoms with van der Waals surface area (Å²) in [7, 11) is -1.94. The number of sulfonamides is 1. The molecule has 29 heavy (non-hydrogen) atoms. The van der Waals surface area contributed by atoms with Crippen molar-refractivity contribution in [3.8, 4) is 0 Å². The van der Waals surface area contributed by atoms with E-state index in [1.165, 1.54) is 30.2 Å². The van der Waals surface area contributed by atoms with Crippen molar-refractivity contribution >= 4 is 21.6 Å². The van der Waals surface area contributed by atoms with Gasteiger partial charge in [-0.05, 0) is 83.4 Å². The van der Waals surface area contributed by atoms with Crippen LogP contribution in [-0.2, 0) is 14.8 Å². The molecule has 0 bridgehead atoms. The van der Waals surface area contributed by atoms with E-state index in [9.17, 15) is 13.2 Å². The molecule has 1 atom stereocenters. The van der Waals surface area contributed by atoms with Crippen molar-refractivity contribution in [2.24, 2.45) is 0 Å². The lowest BCUT2D eigenvalue weighted by Crippen LogP contribution is -2.42. The fourth-order valence-electron chi connectivity index (χ4n) is 4.11. The average molecular weight is 423 g/mol. The molecule has 8 heteroatoms. The summed E-state index contributed by atoms with van der Waals surface area (Å²) in [5.41, 5.74) is 0.622. The van der Waals surface area contributed by atoms with Crippen molar-refractivity contribution in [3.05, 3.63) is 24.3 Å². The van der Waals surface area contributed by atoms with Crippen molar-refractivity contribution in [2.45, 2.75) is 56.5 Å². The molecule has 2 heterocycles. The molecule has 2 aliphatic rings. The number of rotatable bonds is 8. The summed E-state index contributed by atoms with van der Waals surface area (Å²) in [5, 5.41) is 2.91. The van der Waals surface area contributed by atoms with Gasteiger partial charge in [-0.15, -0.1) is 0 Å². The van der Waals surface area contributed by atoms with Crippen molar-refractivity contribution < 1.29 is 13.2 Å². The van der Waals surface area contributed by atoms with Crippen molar-refractivity contribution in [1.29, 1.82) is 0 Å². The Labute approximate surface area is 175 Å². The monoisotopic (exact) mass is 422 g/mol. The molecule has 1 aromatic rings. The number of carbonyl (C=O) groups excluding carboxylic acids is 1. The zero-order chi connectivity index (χ0) is 21.0. The summed E-state index contributed by atoms with van der Waals surface area (Å²) in [6, 6.07) is 6.76. The van der Waals surface area contributed by atoms with Crippen LogP contribution in [0, 0.1) is 0 Å². The van der Waals surface area contributed by atoms with Crippen molar-refractivity contribution in [3.63, 3.8) is 0 Å². The molecule has 1 unspecified atom stereocenters. The van der Waals surface area contributed by atoms with Gasteiger partial charge < -0.3 is 10.2 Å². The molecule has 0 saturated carbocycles. The number of nitrogens with one attached hydrogen (secondary N) is 1. The van der Waals surface area contributed by atoms with E-state index in [1.54, 1.807) is 31.3 Å². The van der Waals surface area contributed by atoms with Crippen LogP contribution in [0.3, 0.4) is 0 Å². The predicted molar refractivity (Wildman–Crippen MR) is 115 cm³/mol. The number of amides is 1. The molecule has 3 rings (SSSR count). The number of likely N-dealkylation sites (tertiary alicyclic amines) is 2. The highest BCUT2D eigenvalue weighted by molar-refractivity contribution is 7.89. The summed E-state index contributed by atoms with van der Waals surface area (Å²) < 4.78 is 26.4. The molecule has 1 amide bonds. The van der Waals surface area contributed by atoms with Crippen molar-refractivity contribution in [2.75, 3.05) is 45.1 Å². The minimum absolute atomic E-state index is 0.0479. The second kappa shape index (κ2) is 9.55. The maximum absolute atomic E-state index is 12.5.